The van der Waals surface area contributed by atoms with Crippen molar-refractivity contribution in [1.82, 2.24) is 5.32 Å². The zero-order chi connectivity index (χ0) is 18.2. The van der Waals surface area contributed by atoms with Crippen LogP contribution in [0.25, 0.3) is 0 Å². The smallest absolute Gasteiger partial charge is 0.157 e. The van der Waals surface area contributed by atoms with Gasteiger partial charge in [-0.3, -0.25) is 4.99 Å². The number of rotatable bonds is 8. The minimum Gasteiger partial charge on any atom is -0.508 e. The second kappa shape index (κ2) is 9.19. The Balaban J connectivity index is 1.48. The van der Waals surface area contributed by atoms with E-state index in [1.54, 1.807) is 12.1 Å². The zero-order valence-electron chi connectivity index (χ0n) is 15.6. The van der Waals surface area contributed by atoms with Gasteiger partial charge in [0, 0.05) is 19.0 Å². The number of hydrogen-bond donors (Lipinski definition) is 2. The van der Waals surface area contributed by atoms with Crippen LogP contribution in [0.3, 0.4) is 0 Å². The summed E-state index contributed by atoms with van der Waals surface area (Å²) >= 11 is 0. The molecule has 0 saturated carbocycles. The van der Waals surface area contributed by atoms with Crippen LogP contribution < -0.4 is 5.32 Å². The Morgan fingerprint density at radius 1 is 1.31 bits per heavy atom. The van der Waals surface area contributed by atoms with Crippen molar-refractivity contribution >= 4 is 6.21 Å². The van der Waals surface area contributed by atoms with Gasteiger partial charge in [0.25, 0.3) is 0 Å². The number of aliphatic imine (C=N–C) groups is 1. The van der Waals surface area contributed by atoms with E-state index in [1.165, 1.54) is 6.42 Å². The van der Waals surface area contributed by atoms with Gasteiger partial charge in [0.15, 0.2) is 12.0 Å². The predicted molar refractivity (Wildman–Crippen MR) is 103 cm³/mol. The maximum atomic E-state index is 9.55. The Morgan fingerprint density at radius 3 is 2.85 bits per heavy atom. The lowest BCUT2D eigenvalue weighted by Crippen LogP contribution is -2.39. The summed E-state index contributed by atoms with van der Waals surface area (Å²) in [4.78, 5) is 4.72. The van der Waals surface area contributed by atoms with Crippen LogP contribution in [0.5, 0.6) is 5.75 Å². The summed E-state index contributed by atoms with van der Waals surface area (Å²) in [5, 5.41) is 13.0. The highest BCUT2D eigenvalue weighted by atomic mass is 16.7. The first-order valence-electron chi connectivity index (χ1n) is 9.73. The molecule has 5 nitrogen and oxygen atoms in total. The SMILES string of the molecule is CC(CCCCC1(c2ccc(O)cc2)N=CC=CN1)OC1CCCCO1. The van der Waals surface area contributed by atoms with E-state index < -0.39 is 5.66 Å². The van der Waals surface area contributed by atoms with Crippen molar-refractivity contribution < 1.29 is 14.6 Å². The number of phenols is 1. The Bertz CT molecular complexity index is 608. The van der Waals surface area contributed by atoms with Gasteiger partial charge in [-0.05, 0) is 69.2 Å². The Labute approximate surface area is 156 Å². The zero-order valence-corrected chi connectivity index (χ0v) is 15.6. The molecule has 3 unspecified atom stereocenters. The molecule has 3 rings (SSSR count). The van der Waals surface area contributed by atoms with Gasteiger partial charge in [-0.1, -0.05) is 18.6 Å². The molecular formula is C21H30N2O3. The average molecular weight is 358 g/mol. The summed E-state index contributed by atoms with van der Waals surface area (Å²) < 4.78 is 11.7. The highest BCUT2D eigenvalue weighted by molar-refractivity contribution is 5.72. The van der Waals surface area contributed by atoms with Crippen molar-refractivity contribution in [2.45, 2.75) is 69.9 Å². The van der Waals surface area contributed by atoms with Crippen molar-refractivity contribution in [3.63, 3.8) is 0 Å². The third-order valence-electron chi connectivity index (χ3n) is 5.07. The number of nitrogens with one attached hydrogen (secondary N) is 1. The van der Waals surface area contributed by atoms with E-state index in [1.807, 2.05) is 30.6 Å². The van der Waals surface area contributed by atoms with Gasteiger partial charge in [0.1, 0.15) is 5.75 Å². The Hall–Kier alpha value is -1.85. The standard InChI is InChI=1S/C21H30N2O3/c1-17(26-20-8-3-5-16-25-20)7-2-4-13-21(22-14-6-15-23-21)18-9-11-19(24)12-10-18/h6,9-12,14-15,17,20,22,24H,2-5,7-8,13,16H2,1H3. The second-order valence-electron chi connectivity index (χ2n) is 7.18. The van der Waals surface area contributed by atoms with Crippen LogP contribution in [0.1, 0.15) is 57.4 Å². The summed E-state index contributed by atoms with van der Waals surface area (Å²) in [5.41, 5.74) is 0.620. The first-order valence-corrected chi connectivity index (χ1v) is 9.73. The topological polar surface area (TPSA) is 63.1 Å². The quantitative estimate of drug-likeness (QED) is 0.683. The van der Waals surface area contributed by atoms with Crippen molar-refractivity contribution in [2.75, 3.05) is 6.61 Å². The molecule has 0 amide bonds. The van der Waals surface area contributed by atoms with Gasteiger partial charge in [-0.2, -0.15) is 0 Å². The van der Waals surface area contributed by atoms with Gasteiger partial charge in [0.2, 0.25) is 0 Å². The number of aromatic hydroxyl groups is 1. The molecule has 142 valence electrons. The van der Waals surface area contributed by atoms with Crippen LogP contribution in [0, 0.1) is 0 Å². The van der Waals surface area contributed by atoms with Crippen molar-refractivity contribution in [3.8, 4) is 5.75 Å². The van der Waals surface area contributed by atoms with Crippen LogP contribution in [-0.2, 0) is 15.1 Å². The van der Waals surface area contributed by atoms with E-state index in [9.17, 15) is 5.11 Å². The van der Waals surface area contributed by atoms with E-state index in [0.29, 0.717) is 0 Å². The molecule has 2 aliphatic rings. The van der Waals surface area contributed by atoms with Crippen LogP contribution in [-0.4, -0.2) is 30.3 Å². The van der Waals surface area contributed by atoms with E-state index >= 15 is 0 Å². The monoisotopic (exact) mass is 358 g/mol. The molecule has 2 heterocycles. The number of phenolic OH excluding ortho intramolecular Hbond substituents is 1. The molecule has 0 spiro atoms. The fourth-order valence-corrected chi connectivity index (χ4v) is 3.57. The predicted octanol–water partition coefficient (Wildman–Crippen LogP) is 4.22. The van der Waals surface area contributed by atoms with Crippen LogP contribution in [0.15, 0.2) is 41.5 Å². The van der Waals surface area contributed by atoms with E-state index in [2.05, 4.69) is 12.2 Å². The van der Waals surface area contributed by atoms with Crippen molar-refractivity contribution in [1.29, 1.82) is 0 Å². The lowest BCUT2D eigenvalue weighted by Gasteiger charge is -2.33. The van der Waals surface area contributed by atoms with Crippen LogP contribution >= 0.6 is 0 Å². The van der Waals surface area contributed by atoms with Crippen molar-refractivity contribution in [3.05, 3.63) is 42.1 Å². The molecule has 0 bridgehead atoms. The molecular weight excluding hydrogens is 328 g/mol. The Morgan fingerprint density at radius 2 is 2.15 bits per heavy atom. The first kappa shape index (κ1) is 18.9. The summed E-state index contributed by atoms with van der Waals surface area (Å²) in [6, 6.07) is 7.30. The minimum absolute atomic E-state index is 0.0168. The molecule has 2 N–H and O–H groups in total. The highest BCUT2D eigenvalue weighted by Gasteiger charge is 2.30. The van der Waals surface area contributed by atoms with Crippen LogP contribution in [0.4, 0.5) is 0 Å². The van der Waals surface area contributed by atoms with Crippen LogP contribution in [0.2, 0.25) is 0 Å². The normalized spacial score (nSPS) is 26.4. The summed E-state index contributed by atoms with van der Waals surface area (Å²) in [5.74, 6) is 0.273. The average Bonchev–Trinajstić information content (AvgIpc) is 2.67. The molecule has 2 aliphatic heterocycles. The Kier molecular flexibility index (Phi) is 6.69. The molecule has 1 aromatic carbocycles. The summed E-state index contributed by atoms with van der Waals surface area (Å²) in [6.45, 7) is 2.96. The molecule has 5 heteroatoms. The molecule has 0 aromatic heterocycles. The molecule has 0 radical (unpaired) electrons. The number of nitrogens with zero attached hydrogens (tertiary/aromatic N) is 1. The van der Waals surface area contributed by atoms with Gasteiger partial charge < -0.3 is 19.9 Å². The number of hydrogen-bond acceptors (Lipinski definition) is 5. The van der Waals surface area contributed by atoms with E-state index in [-0.39, 0.29) is 18.1 Å². The number of ether oxygens (including phenoxy) is 2. The van der Waals surface area contributed by atoms with Gasteiger partial charge in [-0.25, -0.2) is 0 Å². The molecule has 3 atom stereocenters. The van der Waals surface area contributed by atoms with Gasteiger partial charge in [-0.15, -0.1) is 0 Å². The fraction of sp³-hybridized carbons (Fsp3) is 0.571. The van der Waals surface area contributed by atoms with Gasteiger partial charge in [0.05, 0.1) is 6.10 Å². The lowest BCUT2D eigenvalue weighted by molar-refractivity contribution is -0.185. The second-order valence-corrected chi connectivity index (χ2v) is 7.18. The fourth-order valence-electron chi connectivity index (χ4n) is 3.57. The largest absolute Gasteiger partial charge is 0.508 e. The third kappa shape index (κ3) is 5.08. The molecule has 1 saturated heterocycles. The lowest BCUT2D eigenvalue weighted by atomic mass is 9.92. The van der Waals surface area contributed by atoms with E-state index in [0.717, 1.165) is 50.7 Å². The van der Waals surface area contributed by atoms with Crippen molar-refractivity contribution in [2.24, 2.45) is 4.99 Å². The van der Waals surface area contributed by atoms with E-state index in [4.69, 9.17) is 14.5 Å². The molecule has 1 aromatic rings. The van der Waals surface area contributed by atoms with Gasteiger partial charge >= 0.3 is 0 Å². The number of allylic oxidation sites excluding steroid dienone is 1. The third-order valence-corrected chi connectivity index (χ3v) is 5.07. The number of unbranched alkanes of at least 4 members (excludes halogenated alkanes) is 1. The first-order chi connectivity index (χ1) is 12.7. The maximum absolute atomic E-state index is 9.55. The maximum Gasteiger partial charge on any atom is 0.157 e. The number of benzene rings is 1. The molecule has 26 heavy (non-hydrogen) atoms. The highest BCUT2D eigenvalue weighted by Crippen LogP contribution is 2.31. The molecule has 0 aliphatic carbocycles. The summed E-state index contributed by atoms with van der Waals surface area (Å²) in [6.07, 6.45) is 13.3. The minimum atomic E-state index is -0.445. The summed E-state index contributed by atoms with van der Waals surface area (Å²) in [7, 11) is 0. The molecule has 1 fully saturated rings.